The van der Waals surface area contributed by atoms with E-state index in [9.17, 15) is 0 Å². The minimum atomic E-state index is 0.664. The van der Waals surface area contributed by atoms with Gasteiger partial charge in [0.1, 0.15) is 11.6 Å². The monoisotopic (exact) mass is 299 g/mol. The Bertz CT molecular complexity index is 668. The van der Waals surface area contributed by atoms with E-state index < -0.39 is 0 Å². The van der Waals surface area contributed by atoms with Gasteiger partial charge in [-0.3, -0.25) is 0 Å². The third kappa shape index (κ3) is 3.33. The molecule has 0 spiro atoms. The van der Waals surface area contributed by atoms with Gasteiger partial charge in [0.15, 0.2) is 0 Å². The fourth-order valence-electron chi connectivity index (χ4n) is 2.56. The summed E-state index contributed by atoms with van der Waals surface area (Å²) in [5, 5.41) is 0. The van der Waals surface area contributed by atoms with E-state index in [-0.39, 0.29) is 0 Å². The largest absolute Gasteiger partial charge is 0.399 e. The third-order valence-electron chi connectivity index (χ3n) is 3.80. The quantitative estimate of drug-likeness (QED) is 0.865. The molecule has 0 unspecified atom stereocenters. The molecule has 2 N–H and O–H groups in total. The lowest BCUT2D eigenvalue weighted by Crippen LogP contribution is -2.37. The van der Waals surface area contributed by atoms with Gasteiger partial charge in [-0.2, -0.15) is 9.97 Å². The van der Waals surface area contributed by atoms with E-state index in [0.29, 0.717) is 19.6 Å². The standard InChI is InChI=1S/C16H21N5O/c1-11-3-4-14(17)9-13(11)10-15-18-12(2)19-16(20-15)21-5-7-22-8-6-21/h3-4,9H,5-8,10,17H2,1-2H3. The van der Waals surface area contributed by atoms with Gasteiger partial charge in [0.25, 0.3) is 0 Å². The zero-order valence-electron chi connectivity index (χ0n) is 13.0. The van der Waals surface area contributed by atoms with E-state index in [2.05, 4.69) is 26.8 Å². The summed E-state index contributed by atoms with van der Waals surface area (Å²) in [6.45, 7) is 7.05. The number of rotatable bonds is 3. The van der Waals surface area contributed by atoms with E-state index in [1.807, 2.05) is 25.1 Å². The Balaban J connectivity index is 1.87. The number of hydrogen-bond donors (Lipinski definition) is 1. The number of benzene rings is 1. The Morgan fingerprint density at radius 3 is 2.68 bits per heavy atom. The third-order valence-corrected chi connectivity index (χ3v) is 3.80. The lowest BCUT2D eigenvalue weighted by atomic mass is 10.0. The first-order valence-electron chi connectivity index (χ1n) is 7.51. The molecular weight excluding hydrogens is 278 g/mol. The number of aryl methyl sites for hydroxylation is 2. The second kappa shape index (κ2) is 6.27. The van der Waals surface area contributed by atoms with Crippen LogP contribution < -0.4 is 10.6 Å². The van der Waals surface area contributed by atoms with Crippen LogP contribution in [0.15, 0.2) is 18.2 Å². The first-order chi connectivity index (χ1) is 10.6. The molecule has 1 aliphatic rings. The molecule has 0 aliphatic carbocycles. The van der Waals surface area contributed by atoms with Crippen molar-refractivity contribution in [2.45, 2.75) is 20.3 Å². The molecule has 6 nitrogen and oxygen atoms in total. The summed E-state index contributed by atoms with van der Waals surface area (Å²) in [6, 6.07) is 5.93. The molecule has 2 heterocycles. The molecule has 1 aliphatic heterocycles. The highest BCUT2D eigenvalue weighted by atomic mass is 16.5. The zero-order valence-corrected chi connectivity index (χ0v) is 13.0. The van der Waals surface area contributed by atoms with Crippen molar-refractivity contribution >= 4 is 11.6 Å². The van der Waals surface area contributed by atoms with Crippen LogP contribution in [0.1, 0.15) is 22.8 Å². The number of nitrogens with zero attached hydrogens (tertiary/aromatic N) is 4. The molecule has 0 radical (unpaired) electrons. The summed E-state index contributed by atoms with van der Waals surface area (Å²) in [7, 11) is 0. The van der Waals surface area contributed by atoms with Crippen molar-refractivity contribution in [2.24, 2.45) is 0 Å². The van der Waals surface area contributed by atoms with Gasteiger partial charge in [-0.05, 0) is 37.1 Å². The molecule has 3 rings (SSSR count). The van der Waals surface area contributed by atoms with Gasteiger partial charge in [0.2, 0.25) is 5.95 Å². The van der Waals surface area contributed by atoms with Crippen molar-refractivity contribution < 1.29 is 4.74 Å². The Morgan fingerprint density at radius 1 is 1.14 bits per heavy atom. The number of nitrogen functional groups attached to an aromatic ring is 1. The first-order valence-corrected chi connectivity index (χ1v) is 7.51. The summed E-state index contributed by atoms with van der Waals surface area (Å²) in [5.41, 5.74) is 8.99. The highest BCUT2D eigenvalue weighted by molar-refractivity contribution is 5.45. The number of aromatic nitrogens is 3. The number of nitrogens with two attached hydrogens (primary N) is 1. The second-order valence-electron chi connectivity index (χ2n) is 5.56. The lowest BCUT2D eigenvalue weighted by molar-refractivity contribution is 0.122. The molecule has 6 heteroatoms. The van der Waals surface area contributed by atoms with Crippen LogP contribution in [0.5, 0.6) is 0 Å². The number of morpholine rings is 1. The Hall–Kier alpha value is -2.21. The van der Waals surface area contributed by atoms with Crippen LogP contribution >= 0.6 is 0 Å². The highest BCUT2D eigenvalue weighted by Crippen LogP contribution is 2.17. The van der Waals surface area contributed by atoms with Crippen molar-refractivity contribution in [2.75, 3.05) is 36.9 Å². The topological polar surface area (TPSA) is 77.2 Å². The van der Waals surface area contributed by atoms with Crippen molar-refractivity contribution in [3.63, 3.8) is 0 Å². The molecule has 22 heavy (non-hydrogen) atoms. The van der Waals surface area contributed by atoms with E-state index in [0.717, 1.165) is 41.9 Å². The maximum absolute atomic E-state index is 5.88. The van der Waals surface area contributed by atoms with Crippen LogP contribution in [-0.4, -0.2) is 41.3 Å². The molecule has 1 fully saturated rings. The minimum Gasteiger partial charge on any atom is -0.399 e. The van der Waals surface area contributed by atoms with Gasteiger partial charge < -0.3 is 15.4 Å². The fourth-order valence-corrected chi connectivity index (χ4v) is 2.56. The van der Waals surface area contributed by atoms with Crippen LogP contribution in [0.4, 0.5) is 11.6 Å². The Morgan fingerprint density at radius 2 is 1.91 bits per heavy atom. The molecule has 0 atom stereocenters. The minimum absolute atomic E-state index is 0.664. The van der Waals surface area contributed by atoms with Crippen LogP contribution in [0, 0.1) is 13.8 Å². The summed E-state index contributed by atoms with van der Waals surface area (Å²) >= 11 is 0. The molecular formula is C16H21N5O. The summed E-state index contributed by atoms with van der Waals surface area (Å²) in [5.74, 6) is 2.27. The first kappa shape index (κ1) is 14.7. The van der Waals surface area contributed by atoms with Crippen LogP contribution in [-0.2, 0) is 11.2 Å². The zero-order chi connectivity index (χ0) is 15.5. The van der Waals surface area contributed by atoms with Gasteiger partial charge in [-0.1, -0.05) is 6.07 Å². The van der Waals surface area contributed by atoms with Gasteiger partial charge in [-0.15, -0.1) is 0 Å². The molecule has 1 aromatic heterocycles. The molecule has 0 amide bonds. The summed E-state index contributed by atoms with van der Waals surface area (Å²) in [6.07, 6.45) is 0.664. The van der Waals surface area contributed by atoms with Crippen LogP contribution in [0.2, 0.25) is 0 Å². The molecule has 1 aromatic carbocycles. The van der Waals surface area contributed by atoms with Gasteiger partial charge in [0, 0.05) is 25.2 Å². The van der Waals surface area contributed by atoms with Crippen molar-refractivity contribution in [3.8, 4) is 0 Å². The van der Waals surface area contributed by atoms with E-state index in [1.165, 1.54) is 5.56 Å². The van der Waals surface area contributed by atoms with Gasteiger partial charge in [-0.25, -0.2) is 4.98 Å². The lowest BCUT2D eigenvalue weighted by Gasteiger charge is -2.27. The molecule has 0 saturated carbocycles. The molecule has 0 bridgehead atoms. The molecule has 116 valence electrons. The number of ether oxygens (including phenoxy) is 1. The smallest absolute Gasteiger partial charge is 0.229 e. The number of hydrogen-bond acceptors (Lipinski definition) is 6. The molecule has 1 saturated heterocycles. The van der Waals surface area contributed by atoms with Gasteiger partial charge >= 0.3 is 0 Å². The fraction of sp³-hybridized carbons (Fsp3) is 0.438. The summed E-state index contributed by atoms with van der Waals surface area (Å²) < 4.78 is 5.38. The van der Waals surface area contributed by atoms with Crippen LogP contribution in [0.25, 0.3) is 0 Å². The van der Waals surface area contributed by atoms with Crippen molar-refractivity contribution in [1.82, 2.24) is 15.0 Å². The van der Waals surface area contributed by atoms with Crippen molar-refractivity contribution in [3.05, 3.63) is 41.0 Å². The Labute approximate surface area is 130 Å². The Kier molecular flexibility index (Phi) is 4.20. The maximum atomic E-state index is 5.88. The predicted molar refractivity (Wildman–Crippen MR) is 86.0 cm³/mol. The van der Waals surface area contributed by atoms with Gasteiger partial charge in [0.05, 0.1) is 13.2 Å². The molecule has 2 aromatic rings. The van der Waals surface area contributed by atoms with E-state index >= 15 is 0 Å². The average molecular weight is 299 g/mol. The highest BCUT2D eigenvalue weighted by Gasteiger charge is 2.16. The second-order valence-corrected chi connectivity index (χ2v) is 5.56. The van der Waals surface area contributed by atoms with Crippen LogP contribution in [0.3, 0.4) is 0 Å². The SMILES string of the molecule is Cc1nc(Cc2cc(N)ccc2C)nc(N2CCOCC2)n1. The normalized spacial score (nSPS) is 15.1. The van der Waals surface area contributed by atoms with E-state index in [4.69, 9.17) is 10.5 Å². The maximum Gasteiger partial charge on any atom is 0.229 e. The van der Waals surface area contributed by atoms with Crippen molar-refractivity contribution in [1.29, 1.82) is 0 Å². The number of anilines is 2. The average Bonchev–Trinajstić information content (AvgIpc) is 2.51. The summed E-state index contributed by atoms with van der Waals surface area (Å²) in [4.78, 5) is 15.7. The van der Waals surface area contributed by atoms with E-state index in [1.54, 1.807) is 0 Å². The predicted octanol–water partition coefficient (Wildman–Crippen LogP) is 1.50.